The normalized spacial score (nSPS) is 17.2. The first-order valence-corrected chi connectivity index (χ1v) is 10.4. The fraction of sp³-hybridized carbons (Fsp3) is 0.381. The van der Waals surface area contributed by atoms with Crippen LogP contribution >= 0.6 is 11.8 Å². The van der Waals surface area contributed by atoms with Gasteiger partial charge >= 0.3 is 0 Å². The monoisotopic (exact) mass is 380 g/mol. The molecule has 0 aliphatic carbocycles. The van der Waals surface area contributed by atoms with Crippen molar-refractivity contribution in [2.45, 2.75) is 44.4 Å². The van der Waals surface area contributed by atoms with Crippen molar-refractivity contribution in [3.05, 3.63) is 53.9 Å². The number of aryl methyl sites for hydroxylation is 2. The SMILES string of the molecule is Cc1ccc(-n2c(SC[C@@H]3CCCCO3)nnc2-c2cccnc2)c(C)c1. The van der Waals surface area contributed by atoms with E-state index in [4.69, 9.17) is 4.74 Å². The van der Waals surface area contributed by atoms with Crippen molar-refractivity contribution in [3.8, 4) is 17.1 Å². The molecule has 140 valence electrons. The van der Waals surface area contributed by atoms with Gasteiger partial charge in [0.1, 0.15) is 0 Å². The average molecular weight is 381 g/mol. The molecule has 0 spiro atoms. The van der Waals surface area contributed by atoms with Crippen LogP contribution in [0.1, 0.15) is 30.4 Å². The van der Waals surface area contributed by atoms with E-state index in [0.29, 0.717) is 6.10 Å². The van der Waals surface area contributed by atoms with Crippen molar-refractivity contribution in [1.82, 2.24) is 19.7 Å². The van der Waals surface area contributed by atoms with Gasteiger partial charge < -0.3 is 4.74 Å². The third kappa shape index (κ3) is 4.06. The van der Waals surface area contributed by atoms with Gasteiger partial charge in [-0.1, -0.05) is 29.5 Å². The molecule has 1 aliphatic heterocycles. The summed E-state index contributed by atoms with van der Waals surface area (Å²) in [6, 6.07) is 10.4. The quantitative estimate of drug-likeness (QED) is 0.605. The fourth-order valence-electron chi connectivity index (χ4n) is 3.43. The number of pyridine rings is 1. The fourth-order valence-corrected chi connectivity index (χ4v) is 4.44. The highest BCUT2D eigenvalue weighted by molar-refractivity contribution is 7.99. The molecule has 27 heavy (non-hydrogen) atoms. The highest BCUT2D eigenvalue weighted by Gasteiger charge is 2.20. The maximum absolute atomic E-state index is 5.89. The molecule has 3 aromatic rings. The van der Waals surface area contributed by atoms with Crippen LogP contribution in [0, 0.1) is 13.8 Å². The highest BCUT2D eigenvalue weighted by atomic mass is 32.2. The van der Waals surface area contributed by atoms with Gasteiger partial charge in [-0.25, -0.2) is 0 Å². The van der Waals surface area contributed by atoms with Crippen LogP contribution in [0.2, 0.25) is 0 Å². The lowest BCUT2D eigenvalue weighted by Crippen LogP contribution is -2.21. The minimum atomic E-state index is 0.301. The Balaban J connectivity index is 1.71. The van der Waals surface area contributed by atoms with Crippen LogP contribution in [0.15, 0.2) is 47.9 Å². The lowest BCUT2D eigenvalue weighted by Gasteiger charge is -2.22. The molecule has 1 fully saturated rings. The van der Waals surface area contributed by atoms with Crippen LogP contribution in [0.3, 0.4) is 0 Å². The van der Waals surface area contributed by atoms with Crippen molar-refractivity contribution < 1.29 is 4.74 Å². The molecule has 0 bridgehead atoms. The summed E-state index contributed by atoms with van der Waals surface area (Å²) in [4.78, 5) is 4.25. The van der Waals surface area contributed by atoms with Gasteiger partial charge in [0.05, 0.1) is 11.8 Å². The number of thioether (sulfide) groups is 1. The summed E-state index contributed by atoms with van der Waals surface area (Å²) in [6.45, 7) is 5.12. The maximum atomic E-state index is 5.89. The molecule has 0 N–H and O–H groups in total. The topological polar surface area (TPSA) is 52.8 Å². The van der Waals surface area contributed by atoms with E-state index in [1.54, 1.807) is 18.0 Å². The lowest BCUT2D eigenvalue weighted by molar-refractivity contribution is 0.0315. The molecule has 3 heterocycles. The van der Waals surface area contributed by atoms with E-state index in [1.165, 1.54) is 24.0 Å². The number of hydrogen-bond acceptors (Lipinski definition) is 5. The third-order valence-corrected chi connectivity index (χ3v) is 5.88. The third-order valence-electron chi connectivity index (χ3n) is 4.82. The van der Waals surface area contributed by atoms with Gasteiger partial charge in [0.25, 0.3) is 0 Å². The summed E-state index contributed by atoms with van der Waals surface area (Å²) >= 11 is 1.72. The van der Waals surface area contributed by atoms with E-state index in [0.717, 1.165) is 41.0 Å². The summed E-state index contributed by atoms with van der Waals surface area (Å²) in [6.07, 6.45) is 7.45. The van der Waals surface area contributed by atoms with Crippen LogP contribution in [0.25, 0.3) is 17.1 Å². The first-order chi connectivity index (χ1) is 13.2. The number of rotatable bonds is 5. The maximum Gasteiger partial charge on any atom is 0.196 e. The van der Waals surface area contributed by atoms with E-state index in [2.05, 4.69) is 51.8 Å². The first-order valence-electron chi connectivity index (χ1n) is 9.40. The average Bonchev–Trinajstić information content (AvgIpc) is 3.11. The van der Waals surface area contributed by atoms with E-state index < -0.39 is 0 Å². The molecule has 5 nitrogen and oxygen atoms in total. The highest BCUT2D eigenvalue weighted by Crippen LogP contribution is 2.31. The molecule has 1 aliphatic rings. The molecule has 4 rings (SSSR count). The van der Waals surface area contributed by atoms with Gasteiger partial charge in [-0.15, -0.1) is 10.2 Å². The van der Waals surface area contributed by atoms with Crippen LogP contribution in [0.5, 0.6) is 0 Å². The molecule has 1 atom stereocenters. The van der Waals surface area contributed by atoms with Crippen LogP contribution in [-0.2, 0) is 4.74 Å². The number of hydrogen-bond donors (Lipinski definition) is 0. The number of aromatic nitrogens is 4. The Morgan fingerprint density at radius 3 is 2.85 bits per heavy atom. The number of nitrogens with zero attached hydrogens (tertiary/aromatic N) is 4. The Labute approximate surface area is 164 Å². The van der Waals surface area contributed by atoms with Gasteiger partial charge in [-0.05, 0) is 56.9 Å². The molecule has 6 heteroatoms. The van der Waals surface area contributed by atoms with Gasteiger partial charge in [0.15, 0.2) is 11.0 Å². The van der Waals surface area contributed by atoms with E-state index in [9.17, 15) is 0 Å². The second-order valence-corrected chi connectivity index (χ2v) is 7.96. The van der Waals surface area contributed by atoms with Gasteiger partial charge in [0.2, 0.25) is 0 Å². The van der Waals surface area contributed by atoms with E-state index >= 15 is 0 Å². The van der Waals surface area contributed by atoms with Crippen LogP contribution in [0.4, 0.5) is 0 Å². The lowest BCUT2D eigenvalue weighted by atomic mass is 10.1. The molecular weight excluding hydrogens is 356 g/mol. The summed E-state index contributed by atoms with van der Waals surface area (Å²) in [5.74, 6) is 1.72. The van der Waals surface area contributed by atoms with Crippen molar-refractivity contribution in [3.63, 3.8) is 0 Å². The molecule has 1 aromatic carbocycles. The van der Waals surface area contributed by atoms with Crippen LogP contribution in [-0.4, -0.2) is 38.2 Å². The molecule has 0 amide bonds. The molecule has 0 radical (unpaired) electrons. The zero-order chi connectivity index (χ0) is 18.6. The summed E-state index contributed by atoms with van der Waals surface area (Å²) in [5, 5.41) is 9.91. The Hall–Kier alpha value is -2.18. The second-order valence-electron chi connectivity index (χ2n) is 6.97. The predicted octanol–water partition coefficient (Wildman–Crippen LogP) is 4.61. The Kier molecular flexibility index (Phi) is 5.55. The Morgan fingerprint density at radius 2 is 2.11 bits per heavy atom. The largest absolute Gasteiger partial charge is 0.377 e. The zero-order valence-corrected chi connectivity index (χ0v) is 16.6. The van der Waals surface area contributed by atoms with Crippen LogP contribution < -0.4 is 0 Å². The van der Waals surface area contributed by atoms with Gasteiger partial charge in [-0.3, -0.25) is 9.55 Å². The first kappa shape index (κ1) is 18.2. The standard InChI is InChI=1S/C21H24N4OS/c1-15-8-9-19(16(2)12-15)25-20(17-6-5-10-22-13-17)23-24-21(25)27-14-18-7-3-4-11-26-18/h5-6,8-10,12-13,18H,3-4,7,11,14H2,1-2H3/t18-/m0/s1. The number of ether oxygens (including phenoxy) is 1. The minimum absolute atomic E-state index is 0.301. The van der Waals surface area contributed by atoms with Crippen molar-refractivity contribution in [2.75, 3.05) is 12.4 Å². The van der Waals surface area contributed by atoms with E-state index in [-0.39, 0.29) is 0 Å². The van der Waals surface area contributed by atoms with Crippen molar-refractivity contribution >= 4 is 11.8 Å². The molecule has 2 aromatic heterocycles. The Bertz CT molecular complexity index is 904. The van der Waals surface area contributed by atoms with E-state index in [1.807, 2.05) is 18.3 Å². The molecule has 1 saturated heterocycles. The molecular formula is C21H24N4OS. The number of benzene rings is 1. The zero-order valence-electron chi connectivity index (χ0n) is 15.8. The van der Waals surface area contributed by atoms with Crippen molar-refractivity contribution in [2.24, 2.45) is 0 Å². The summed E-state index contributed by atoms with van der Waals surface area (Å²) < 4.78 is 8.04. The summed E-state index contributed by atoms with van der Waals surface area (Å²) in [5.41, 5.74) is 4.52. The Morgan fingerprint density at radius 1 is 1.19 bits per heavy atom. The molecule has 0 unspecified atom stereocenters. The minimum Gasteiger partial charge on any atom is -0.377 e. The molecule has 0 saturated carbocycles. The summed E-state index contributed by atoms with van der Waals surface area (Å²) in [7, 11) is 0. The van der Waals surface area contributed by atoms with Crippen molar-refractivity contribution in [1.29, 1.82) is 0 Å². The predicted molar refractivity (Wildman–Crippen MR) is 108 cm³/mol. The smallest absolute Gasteiger partial charge is 0.196 e. The van der Waals surface area contributed by atoms with Gasteiger partial charge in [0, 0.05) is 30.3 Å². The second kappa shape index (κ2) is 8.23. The van der Waals surface area contributed by atoms with Gasteiger partial charge in [-0.2, -0.15) is 0 Å².